The molecule has 1 fully saturated rings. The van der Waals surface area contributed by atoms with E-state index < -0.39 is 17.8 Å². The monoisotopic (exact) mass is 318 g/mol. The standard InChI is InChI=1S/C17H18ClNO3/c18-13-3-1-2-10(8-13)6-7-19-16(20)14-11-4-5-12(9-11)15(14)17(21)22/h1-5,8,11-12,14-15H,6-7,9H2,(H,19,20)(H,21,22)/p-1/t11-,12-,14-,15-/m0/s1. The van der Waals surface area contributed by atoms with Gasteiger partial charge in [0.05, 0.1) is 5.92 Å². The quantitative estimate of drug-likeness (QED) is 0.829. The van der Waals surface area contributed by atoms with Gasteiger partial charge in [0.25, 0.3) is 0 Å². The minimum atomic E-state index is -1.12. The summed E-state index contributed by atoms with van der Waals surface area (Å²) in [7, 11) is 0. The lowest BCUT2D eigenvalue weighted by atomic mass is 9.82. The van der Waals surface area contributed by atoms with Crippen LogP contribution in [0.5, 0.6) is 0 Å². The maximum atomic E-state index is 12.3. The number of rotatable bonds is 5. The summed E-state index contributed by atoms with van der Waals surface area (Å²) in [6.07, 6.45) is 5.27. The van der Waals surface area contributed by atoms with Crippen LogP contribution in [0, 0.1) is 23.7 Å². The highest BCUT2D eigenvalue weighted by atomic mass is 35.5. The molecule has 0 aromatic heterocycles. The molecule has 1 amide bonds. The molecular weight excluding hydrogens is 302 g/mol. The predicted octanol–water partition coefficient (Wildman–Crippen LogP) is 1.19. The summed E-state index contributed by atoms with van der Waals surface area (Å²) >= 11 is 5.92. The second kappa shape index (κ2) is 6.13. The first-order chi connectivity index (χ1) is 10.6. The number of aliphatic carboxylic acids is 1. The van der Waals surface area contributed by atoms with Crippen molar-refractivity contribution in [1.29, 1.82) is 0 Å². The third kappa shape index (κ3) is 2.88. The second-order valence-corrected chi connectivity index (χ2v) is 6.43. The zero-order chi connectivity index (χ0) is 15.7. The molecular formula is C17H17ClNO3-. The second-order valence-electron chi connectivity index (χ2n) is 5.99. The maximum Gasteiger partial charge on any atom is 0.224 e. The molecule has 0 saturated heterocycles. The number of halogens is 1. The van der Waals surface area contributed by atoms with Crippen LogP contribution in [0.4, 0.5) is 0 Å². The number of benzene rings is 1. The summed E-state index contributed by atoms with van der Waals surface area (Å²) in [5, 5.41) is 14.8. The lowest BCUT2D eigenvalue weighted by Crippen LogP contribution is -2.45. The smallest absolute Gasteiger partial charge is 0.224 e. The number of carbonyl (C=O) groups is 2. The molecule has 0 heterocycles. The highest BCUT2D eigenvalue weighted by Gasteiger charge is 2.48. The van der Waals surface area contributed by atoms with Gasteiger partial charge in [-0.05, 0) is 42.4 Å². The van der Waals surface area contributed by atoms with Gasteiger partial charge in [0.15, 0.2) is 0 Å². The van der Waals surface area contributed by atoms with Crippen LogP contribution in [-0.4, -0.2) is 18.4 Å². The Balaban J connectivity index is 1.58. The molecule has 4 nitrogen and oxygen atoms in total. The largest absolute Gasteiger partial charge is 0.550 e. The van der Waals surface area contributed by atoms with Crippen molar-refractivity contribution >= 4 is 23.5 Å². The number of fused-ring (bicyclic) bond motifs is 2. The number of carbonyl (C=O) groups excluding carboxylic acids is 2. The zero-order valence-electron chi connectivity index (χ0n) is 12.0. The lowest BCUT2D eigenvalue weighted by molar-refractivity contribution is -0.313. The van der Waals surface area contributed by atoms with E-state index in [4.69, 9.17) is 11.6 Å². The number of carboxylic acid groups (broad SMARTS) is 1. The Morgan fingerprint density at radius 1 is 1.23 bits per heavy atom. The first-order valence-corrected chi connectivity index (χ1v) is 7.85. The van der Waals surface area contributed by atoms with Crippen molar-refractivity contribution in [2.45, 2.75) is 12.8 Å². The molecule has 2 aliphatic carbocycles. The molecule has 0 spiro atoms. The molecule has 3 rings (SSSR count). The van der Waals surface area contributed by atoms with Gasteiger partial charge in [0.2, 0.25) is 5.91 Å². The van der Waals surface area contributed by atoms with Gasteiger partial charge < -0.3 is 15.2 Å². The van der Waals surface area contributed by atoms with Gasteiger partial charge in [-0.1, -0.05) is 35.9 Å². The number of amides is 1. The number of hydrogen-bond donors (Lipinski definition) is 1. The fourth-order valence-electron chi connectivity index (χ4n) is 3.64. The third-order valence-electron chi connectivity index (χ3n) is 4.64. The molecule has 0 unspecified atom stereocenters. The molecule has 0 aliphatic heterocycles. The van der Waals surface area contributed by atoms with Gasteiger partial charge in [0, 0.05) is 23.5 Å². The zero-order valence-corrected chi connectivity index (χ0v) is 12.8. The van der Waals surface area contributed by atoms with Crippen molar-refractivity contribution < 1.29 is 14.7 Å². The van der Waals surface area contributed by atoms with E-state index in [0.29, 0.717) is 18.0 Å². The highest BCUT2D eigenvalue weighted by molar-refractivity contribution is 6.30. The Morgan fingerprint density at radius 3 is 2.64 bits per heavy atom. The van der Waals surface area contributed by atoms with Crippen molar-refractivity contribution in [3.63, 3.8) is 0 Å². The average molecular weight is 319 g/mol. The normalized spacial score (nSPS) is 28.8. The minimum Gasteiger partial charge on any atom is -0.550 e. The number of nitrogens with one attached hydrogen (secondary N) is 1. The van der Waals surface area contributed by atoms with E-state index in [9.17, 15) is 14.7 Å². The van der Waals surface area contributed by atoms with E-state index in [-0.39, 0.29) is 17.7 Å². The molecule has 0 radical (unpaired) electrons. The SMILES string of the molecule is O=C([O-])[C@@H]1[C@@H](C(=O)NCCc2cccc(Cl)c2)[C@H]2C=C[C@H]1C2. The predicted molar refractivity (Wildman–Crippen MR) is 80.9 cm³/mol. The van der Waals surface area contributed by atoms with Crippen LogP contribution in [-0.2, 0) is 16.0 Å². The average Bonchev–Trinajstić information content (AvgIpc) is 3.07. The number of hydrogen-bond acceptors (Lipinski definition) is 3. The van der Waals surface area contributed by atoms with Crippen molar-refractivity contribution in [2.24, 2.45) is 23.7 Å². The Labute approximate surface area is 134 Å². The van der Waals surface area contributed by atoms with Crippen molar-refractivity contribution in [1.82, 2.24) is 5.32 Å². The molecule has 2 aliphatic rings. The van der Waals surface area contributed by atoms with Crippen LogP contribution in [0.2, 0.25) is 5.02 Å². The molecule has 4 atom stereocenters. The summed E-state index contributed by atoms with van der Waals surface area (Å²) in [6.45, 7) is 0.469. The van der Waals surface area contributed by atoms with Crippen LogP contribution in [0.25, 0.3) is 0 Å². The molecule has 1 saturated carbocycles. The minimum absolute atomic E-state index is 0.0269. The fraction of sp³-hybridized carbons (Fsp3) is 0.412. The molecule has 1 aromatic rings. The van der Waals surface area contributed by atoms with E-state index in [1.165, 1.54) is 0 Å². The van der Waals surface area contributed by atoms with E-state index in [1.54, 1.807) is 6.07 Å². The Bertz CT molecular complexity index is 628. The molecule has 2 bridgehead atoms. The van der Waals surface area contributed by atoms with Gasteiger partial charge in [-0.15, -0.1) is 0 Å². The summed E-state index contributed by atoms with van der Waals surface area (Å²) in [5.74, 6) is -2.53. The molecule has 5 heteroatoms. The maximum absolute atomic E-state index is 12.3. The van der Waals surface area contributed by atoms with Gasteiger partial charge in [0.1, 0.15) is 0 Å². The molecule has 116 valence electrons. The number of carboxylic acids is 1. The van der Waals surface area contributed by atoms with Gasteiger partial charge in [-0.3, -0.25) is 4.79 Å². The van der Waals surface area contributed by atoms with Crippen LogP contribution in [0.15, 0.2) is 36.4 Å². The van der Waals surface area contributed by atoms with E-state index in [1.807, 2.05) is 30.4 Å². The molecule has 22 heavy (non-hydrogen) atoms. The first kappa shape index (κ1) is 15.1. The summed E-state index contributed by atoms with van der Waals surface area (Å²) in [5.41, 5.74) is 1.04. The van der Waals surface area contributed by atoms with Crippen molar-refractivity contribution in [3.8, 4) is 0 Å². The summed E-state index contributed by atoms with van der Waals surface area (Å²) in [6, 6.07) is 7.47. The fourth-order valence-corrected chi connectivity index (χ4v) is 3.85. The van der Waals surface area contributed by atoms with Crippen LogP contribution < -0.4 is 10.4 Å². The third-order valence-corrected chi connectivity index (χ3v) is 4.87. The highest BCUT2D eigenvalue weighted by Crippen LogP contribution is 2.47. The molecule has 1 N–H and O–H groups in total. The Hall–Kier alpha value is -1.81. The van der Waals surface area contributed by atoms with Gasteiger partial charge >= 0.3 is 0 Å². The van der Waals surface area contributed by atoms with Crippen LogP contribution in [0.1, 0.15) is 12.0 Å². The van der Waals surface area contributed by atoms with Gasteiger partial charge in [-0.25, -0.2) is 0 Å². The Morgan fingerprint density at radius 2 is 1.95 bits per heavy atom. The van der Waals surface area contributed by atoms with Gasteiger partial charge in [-0.2, -0.15) is 0 Å². The van der Waals surface area contributed by atoms with Crippen molar-refractivity contribution in [2.75, 3.05) is 6.54 Å². The van der Waals surface area contributed by atoms with Crippen molar-refractivity contribution in [3.05, 3.63) is 47.0 Å². The topological polar surface area (TPSA) is 69.2 Å². The van der Waals surface area contributed by atoms with Crippen LogP contribution in [0.3, 0.4) is 0 Å². The van der Waals surface area contributed by atoms with E-state index in [2.05, 4.69) is 5.32 Å². The summed E-state index contributed by atoms with van der Waals surface area (Å²) < 4.78 is 0. The lowest BCUT2D eigenvalue weighted by Gasteiger charge is -2.27. The number of allylic oxidation sites excluding steroid dienone is 2. The van der Waals surface area contributed by atoms with Crippen LogP contribution >= 0.6 is 11.6 Å². The molecule has 1 aromatic carbocycles. The van der Waals surface area contributed by atoms with E-state index >= 15 is 0 Å². The van der Waals surface area contributed by atoms with E-state index in [0.717, 1.165) is 12.0 Å². The Kier molecular flexibility index (Phi) is 4.21. The first-order valence-electron chi connectivity index (χ1n) is 7.47. The summed E-state index contributed by atoms with van der Waals surface area (Å²) in [4.78, 5) is 23.6.